The van der Waals surface area contributed by atoms with Crippen molar-refractivity contribution < 1.29 is 4.79 Å². The molecule has 2 aliphatic rings. The molecule has 2 unspecified atom stereocenters. The number of amides is 1. The second kappa shape index (κ2) is 5.28. The van der Waals surface area contributed by atoms with Gasteiger partial charge in [-0.3, -0.25) is 9.89 Å². The molecule has 2 atom stereocenters. The third-order valence-electron chi connectivity index (χ3n) is 3.87. The second-order valence-corrected chi connectivity index (χ2v) is 5.09. The van der Waals surface area contributed by atoms with Gasteiger partial charge in [-0.1, -0.05) is 0 Å². The number of nitrogens with zero attached hydrogens (tertiary/aromatic N) is 2. The highest BCUT2D eigenvalue weighted by Gasteiger charge is 2.34. The van der Waals surface area contributed by atoms with Gasteiger partial charge < -0.3 is 10.2 Å². The number of piperidine rings is 1. The molecule has 5 nitrogen and oxygen atoms in total. The molecule has 0 saturated carbocycles. The van der Waals surface area contributed by atoms with Crippen molar-refractivity contribution in [1.29, 1.82) is 0 Å². The molecule has 1 aromatic heterocycles. The highest BCUT2D eigenvalue weighted by molar-refractivity contribution is 5.92. The van der Waals surface area contributed by atoms with Gasteiger partial charge >= 0.3 is 0 Å². The number of carbonyl (C=O) groups is 1. The fourth-order valence-corrected chi connectivity index (χ4v) is 2.92. The Labute approximate surface area is 113 Å². The van der Waals surface area contributed by atoms with E-state index in [9.17, 15) is 4.79 Å². The maximum atomic E-state index is 12.2. The van der Waals surface area contributed by atoms with Crippen LogP contribution in [-0.4, -0.2) is 46.7 Å². The summed E-state index contributed by atoms with van der Waals surface area (Å²) in [4.78, 5) is 14.2. The number of aromatic nitrogens is 2. The molecule has 100 valence electrons. The lowest BCUT2D eigenvalue weighted by Gasteiger charge is -2.34. The molecule has 3 rings (SSSR count). The molecule has 2 saturated heterocycles. The van der Waals surface area contributed by atoms with Gasteiger partial charge in [0, 0.05) is 24.8 Å². The Hall–Kier alpha value is -1.07. The van der Waals surface area contributed by atoms with Crippen molar-refractivity contribution in [2.24, 2.45) is 5.92 Å². The first-order valence-electron chi connectivity index (χ1n) is 6.29. The lowest BCUT2D eigenvalue weighted by molar-refractivity contribution is 0.0656. The number of halogens is 1. The van der Waals surface area contributed by atoms with Crippen molar-refractivity contribution in [3.05, 3.63) is 17.5 Å². The van der Waals surface area contributed by atoms with Gasteiger partial charge in [0.15, 0.2) is 0 Å². The third-order valence-corrected chi connectivity index (χ3v) is 3.87. The van der Waals surface area contributed by atoms with E-state index in [0.29, 0.717) is 17.7 Å². The highest BCUT2D eigenvalue weighted by atomic mass is 35.5. The summed E-state index contributed by atoms with van der Waals surface area (Å²) in [5.74, 6) is 0.701. The Morgan fingerprint density at radius 3 is 3.06 bits per heavy atom. The molecule has 0 bridgehead atoms. The van der Waals surface area contributed by atoms with Crippen molar-refractivity contribution in [2.75, 3.05) is 19.6 Å². The summed E-state index contributed by atoms with van der Waals surface area (Å²) in [6, 6.07) is 2.45. The minimum Gasteiger partial charge on any atom is -0.337 e. The zero-order valence-electron chi connectivity index (χ0n) is 10.5. The molecule has 18 heavy (non-hydrogen) atoms. The predicted molar refractivity (Wildman–Crippen MR) is 71.0 cm³/mol. The Bertz CT molecular complexity index is 433. The number of fused-ring (bicyclic) bond motifs is 1. The first-order chi connectivity index (χ1) is 8.24. The monoisotopic (exact) mass is 270 g/mol. The smallest absolute Gasteiger partial charge is 0.274 e. The SMILES string of the molecule is Cc1cc(C(=O)N2CCC3NCCC3C2)n[nH]1.Cl. The van der Waals surface area contributed by atoms with E-state index in [4.69, 9.17) is 0 Å². The summed E-state index contributed by atoms with van der Waals surface area (Å²) in [6.45, 7) is 4.73. The topological polar surface area (TPSA) is 61.0 Å². The van der Waals surface area contributed by atoms with Gasteiger partial charge in [0.05, 0.1) is 0 Å². The summed E-state index contributed by atoms with van der Waals surface area (Å²) in [7, 11) is 0. The van der Waals surface area contributed by atoms with E-state index in [2.05, 4.69) is 15.5 Å². The third kappa shape index (κ3) is 2.37. The number of carbonyl (C=O) groups excluding carboxylic acids is 1. The fourth-order valence-electron chi connectivity index (χ4n) is 2.92. The van der Waals surface area contributed by atoms with Gasteiger partial charge in [-0.15, -0.1) is 12.4 Å². The first kappa shape index (κ1) is 13.4. The summed E-state index contributed by atoms with van der Waals surface area (Å²) in [5.41, 5.74) is 1.48. The molecule has 0 aliphatic carbocycles. The minimum absolute atomic E-state index is 0. The molecule has 2 aliphatic heterocycles. The number of H-pyrrole nitrogens is 1. The fraction of sp³-hybridized carbons (Fsp3) is 0.667. The molecule has 0 spiro atoms. The number of hydrogen-bond donors (Lipinski definition) is 2. The van der Waals surface area contributed by atoms with Crippen molar-refractivity contribution in [2.45, 2.75) is 25.8 Å². The summed E-state index contributed by atoms with van der Waals surface area (Å²) >= 11 is 0. The summed E-state index contributed by atoms with van der Waals surface area (Å²) < 4.78 is 0. The standard InChI is InChI=1S/C12H18N4O.ClH/c1-8-6-11(15-14-8)12(17)16-5-3-10-9(7-16)2-4-13-10;/h6,9-10,13H,2-5,7H2,1H3,(H,14,15);1H. The van der Waals surface area contributed by atoms with E-state index in [-0.39, 0.29) is 18.3 Å². The lowest BCUT2D eigenvalue weighted by atomic mass is 9.93. The average Bonchev–Trinajstić information content (AvgIpc) is 2.95. The number of rotatable bonds is 1. The predicted octanol–water partition coefficient (Wildman–Crippen LogP) is 0.964. The normalized spacial score (nSPS) is 26.6. The van der Waals surface area contributed by atoms with Gasteiger partial charge in [-0.25, -0.2) is 0 Å². The van der Waals surface area contributed by atoms with Crippen molar-refractivity contribution in [1.82, 2.24) is 20.4 Å². The maximum Gasteiger partial charge on any atom is 0.274 e. The Kier molecular flexibility index (Phi) is 3.92. The molecule has 0 aromatic carbocycles. The van der Waals surface area contributed by atoms with E-state index in [0.717, 1.165) is 31.7 Å². The lowest BCUT2D eigenvalue weighted by Crippen LogP contribution is -2.46. The summed E-state index contributed by atoms with van der Waals surface area (Å²) in [5, 5.41) is 10.4. The van der Waals surface area contributed by atoms with Crippen molar-refractivity contribution in [3.63, 3.8) is 0 Å². The highest BCUT2D eigenvalue weighted by Crippen LogP contribution is 2.25. The zero-order valence-corrected chi connectivity index (χ0v) is 11.3. The Morgan fingerprint density at radius 1 is 1.50 bits per heavy atom. The van der Waals surface area contributed by atoms with Crippen LogP contribution >= 0.6 is 12.4 Å². The maximum absolute atomic E-state index is 12.2. The van der Waals surface area contributed by atoms with E-state index >= 15 is 0 Å². The van der Waals surface area contributed by atoms with Crippen LogP contribution in [0.5, 0.6) is 0 Å². The van der Waals surface area contributed by atoms with Gasteiger partial charge in [0.1, 0.15) is 5.69 Å². The number of nitrogens with one attached hydrogen (secondary N) is 2. The number of aromatic amines is 1. The molecule has 6 heteroatoms. The van der Waals surface area contributed by atoms with Crippen LogP contribution in [0.4, 0.5) is 0 Å². The largest absolute Gasteiger partial charge is 0.337 e. The number of aryl methyl sites for hydroxylation is 1. The quantitative estimate of drug-likeness (QED) is 0.799. The average molecular weight is 271 g/mol. The van der Waals surface area contributed by atoms with Crippen LogP contribution in [0.15, 0.2) is 6.07 Å². The van der Waals surface area contributed by atoms with Gasteiger partial charge in [0.2, 0.25) is 0 Å². The van der Waals surface area contributed by atoms with E-state index in [1.165, 1.54) is 6.42 Å². The van der Waals surface area contributed by atoms with Crippen LogP contribution in [0, 0.1) is 12.8 Å². The molecule has 1 amide bonds. The van der Waals surface area contributed by atoms with Crippen LogP contribution in [0.1, 0.15) is 29.0 Å². The van der Waals surface area contributed by atoms with Crippen LogP contribution in [-0.2, 0) is 0 Å². The molecule has 0 radical (unpaired) electrons. The minimum atomic E-state index is 0. The van der Waals surface area contributed by atoms with Crippen LogP contribution in [0.25, 0.3) is 0 Å². The van der Waals surface area contributed by atoms with Crippen molar-refractivity contribution >= 4 is 18.3 Å². The Balaban J connectivity index is 0.00000120. The molecular weight excluding hydrogens is 252 g/mol. The van der Waals surface area contributed by atoms with Crippen molar-refractivity contribution in [3.8, 4) is 0 Å². The first-order valence-corrected chi connectivity index (χ1v) is 6.29. The van der Waals surface area contributed by atoms with Gasteiger partial charge in [-0.2, -0.15) is 5.10 Å². The second-order valence-electron chi connectivity index (χ2n) is 5.09. The molecule has 1 aromatic rings. The molecule has 2 fully saturated rings. The van der Waals surface area contributed by atoms with Gasteiger partial charge in [-0.05, 0) is 38.3 Å². The van der Waals surface area contributed by atoms with E-state index < -0.39 is 0 Å². The number of hydrogen-bond acceptors (Lipinski definition) is 3. The van der Waals surface area contributed by atoms with E-state index in [1.807, 2.05) is 17.9 Å². The van der Waals surface area contributed by atoms with E-state index in [1.54, 1.807) is 0 Å². The molecule has 3 heterocycles. The Morgan fingerprint density at radius 2 is 2.33 bits per heavy atom. The van der Waals surface area contributed by atoms with Crippen LogP contribution in [0.2, 0.25) is 0 Å². The molecular formula is C12H19ClN4O. The number of likely N-dealkylation sites (tertiary alicyclic amines) is 1. The molecule has 2 N–H and O–H groups in total. The van der Waals surface area contributed by atoms with Gasteiger partial charge in [0.25, 0.3) is 5.91 Å². The van der Waals surface area contributed by atoms with Crippen LogP contribution < -0.4 is 5.32 Å². The zero-order chi connectivity index (χ0) is 11.8. The summed E-state index contributed by atoms with van der Waals surface area (Å²) in [6.07, 6.45) is 2.26. The van der Waals surface area contributed by atoms with Crippen LogP contribution in [0.3, 0.4) is 0 Å².